The number of carbonyl (C=O) groups excluding carboxylic acids is 3. The Hall–Kier alpha value is -4.63. The fraction of sp³-hybridized carbons (Fsp3) is 0.400. The molecule has 246 valence electrons. The molecule has 4 heterocycles. The lowest BCUT2D eigenvalue weighted by atomic mass is 10.0. The molecule has 0 unspecified atom stereocenters. The first-order valence-corrected chi connectivity index (χ1v) is 14.8. The highest BCUT2D eigenvalue weighted by Crippen LogP contribution is 2.28. The Morgan fingerprint density at radius 1 is 1.15 bits per heavy atom. The van der Waals surface area contributed by atoms with Gasteiger partial charge in [-0.2, -0.15) is 9.37 Å². The maximum absolute atomic E-state index is 14.7. The lowest BCUT2D eigenvalue weighted by Crippen LogP contribution is -2.51. The summed E-state index contributed by atoms with van der Waals surface area (Å²) in [6.07, 6.45) is 2.79. The Bertz CT molecular complexity index is 1600. The fourth-order valence-corrected chi connectivity index (χ4v) is 5.63. The van der Waals surface area contributed by atoms with Crippen molar-refractivity contribution < 1.29 is 33.1 Å². The van der Waals surface area contributed by atoms with Gasteiger partial charge in [-0.3, -0.25) is 19.2 Å². The summed E-state index contributed by atoms with van der Waals surface area (Å²) >= 11 is 6.45. The van der Waals surface area contributed by atoms with Crippen LogP contribution >= 0.6 is 11.6 Å². The molecule has 0 aliphatic carbocycles. The fourth-order valence-electron chi connectivity index (χ4n) is 5.37. The zero-order valence-electron chi connectivity index (χ0n) is 25.6. The van der Waals surface area contributed by atoms with Crippen LogP contribution in [0.1, 0.15) is 33.8 Å². The van der Waals surface area contributed by atoms with Gasteiger partial charge in [0.1, 0.15) is 0 Å². The highest BCUT2D eigenvalue weighted by atomic mass is 35.5. The van der Waals surface area contributed by atoms with E-state index in [9.17, 15) is 23.2 Å². The van der Waals surface area contributed by atoms with Gasteiger partial charge >= 0.3 is 0 Å². The molecule has 2 fully saturated rings. The summed E-state index contributed by atoms with van der Waals surface area (Å²) in [5.74, 6) is -2.20. The van der Waals surface area contributed by atoms with E-state index in [1.807, 2.05) is 4.90 Å². The molecule has 2 aliphatic heterocycles. The minimum Gasteiger partial charge on any atom is -0.483 e. The Morgan fingerprint density at radius 3 is 2.43 bits per heavy atom. The van der Waals surface area contributed by atoms with Crippen LogP contribution in [0.15, 0.2) is 30.5 Å². The molecule has 0 saturated carbocycles. The van der Waals surface area contributed by atoms with E-state index in [1.54, 1.807) is 25.1 Å². The number of rotatable bonds is 7. The first-order valence-electron chi connectivity index (χ1n) is 14.5. The van der Waals surface area contributed by atoms with Gasteiger partial charge in [-0.1, -0.05) is 11.6 Å². The second-order valence-corrected chi connectivity index (χ2v) is 11.4. The molecule has 3 N–H and O–H groups in total. The smallest absolute Gasteiger partial charge is 0.291 e. The lowest BCUT2D eigenvalue weighted by molar-refractivity contribution is -0.133. The second-order valence-electron chi connectivity index (χ2n) is 11.0. The predicted molar refractivity (Wildman–Crippen MR) is 167 cm³/mol. The van der Waals surface area contributed by atoms with Crippen LogP contribution in [0.5, 0.6) is 0 Å². The van der Waals surface area contributed by atoms with Gasteiger partial charge in [0.25, 0.3) is 18.3 Å². The average Bonchev–Trinajstić information content (AvgIpc) is 3.67. The van der Waals surface area contributed by atoms with Crippen molar-refractivity contribution in [1.82, 2.24) is 29.7 Å². The van der Waals surface area contributed by atoms with Crippen LogP contribution in [-0.2, 0) is 16.6 Å². The van der Waals surface area contributed by atoms with E-state index < -0.39 is 17.7 Å². The Kier molecular flexibility index (Phi) is 11.2. The summed E-state index contributed by atoms with van der Waals surface area (Å²) in [4.78, 5) is 59.8. The van der Waals surface area contributed by atoms with Crippen LogP contribution in [0.2, 0.25) is 5.02 Å². The summed E-state index contributed by atoms with van der Waals surface area (Å²) in [6, 6.07) is 5.56. The molecular formula is C30H35ClF2N8O5. The SMILES string of the molecule is CN(C)c1nc(F)c(-c2cnc(C(=O)Nc3ccc(C(=O)N4CCN(C(=O)C[C@@H]5CCNC5)CC4)c(Cl)c3)n2C)cc1F.O=CO. The Labute approximate surface area is 269 Å². The molecule has 2 saturated heterocycles. The number of imidazole rings is 1. The number of anilines is 2. The van der Waals surface area contributed by atoms with E-state index in [1.165, 1.54) is 34.8 Å². The number of carbonyl (C=O) groups is 4. The van der Waals surface area contributed by atoms with E-state index in [-0.39, 0.29) is 51.8 Å². The molecule has 46 heavy (non-hydrogen) atoms. The second kappa shape index (κ2) is 15.1. The summed E-state index contributed by atoms with van der Waals surface area (Å²) in [7, 11) is 4.60. The minimum absolute atomic E-state index is 0.0561. The van der Waals surface area contributed by atoms with Crippen molar-refractivity contribution in [2.45, 2.75) is 12.8 Å². The molecule has 13 nitrogen and oxygen atoms in total. The maximum Gasteiger partial charge on any atom is 0.291 e. The average molecular weight is 661 g/mol. The number of hydrogen-bond donors (Lipinski definition) is 3. The summed E-state index contributed by atoms with van der Waals surface area (Å²) in [5, 5.41) is 13.0. The normalized spacial score (nSPS) is 16.0. The number of hydrogen-bond acceptors (Lipinski definition) is 8. The van der Waals surface area contributed by atoms with Crippen LogP contribution in [0.3, 0.4) is 0 Å². The van der Waals surface area contributed by atoms with Gasteiger partial charge in [-0.25, -0.2) is 9.37 Å². The topological polar surface area (TPSA) is 153 Å². The molecular weight excluding hydrogens is 626 g/mol. The number of benzene rings is 1. The van der Waals surface area contributed by atoms with Crippen molar-refractivity contribution in [3.05, 3.63) is 58.6 Å². The Balaban J connectivity index is 0.00000154. The van der Waals surface area contributed by atoms with Crippen molar-refractivity contribution in [2.75, 3.05) is 63.6 Å². The number of nitrogens with one attached hydrogen (secondary N) is 2. The van der Waals surface area contributed by atoms with Gasteiger partial charge < -0.3 is 35.0 Å². The number of amides is 3. The highest BCUT2D eigenvalue weighted by molar-refractivity contribution is 6.34. The van der Waals surface area contributed by atoms with Crippen molar-refractivity contribution in [2.24, 2.45) is 13.0 Å². The van der Waals surface area contributed by atoms with E-state index in [4.69, 9.17) is 21.5 Å². The minimum atomic E-state index is -0.901. The molecule has 1 atom stereocenters. The number of aromatic nitrogens is 3. The van der Waals surface area contributed by atoms with E-state index in [0.717, 1.165) is 25.6 Å². The quantitative estimate of drug-likeness (QED) is 0.257. The summed E-state index contributed by atoms with van der Waals surface area (Å²) < 4.78 is 30.5. The largest absolute Gasteiger partial charge is 0.483 e. The molecule has 2 aromatic heterocycles. The Morgan fingerprint density at radius 2 is 1.83 bits per heavy atom. The zero-order chi connectivity index (χ0) is 33.5. The van der Waals surface area contributed by atoms with E-state index >= 15 is 0 Å². The molecule has 1 aromatic carbocycles. The van der Waals surface area contributed by atoms with Crippen molar-refractivity contribution in [3.8, 4) is 11.3 Å². The summed E-state index contributed by atoms with van der Waals surface area (Å²) in [5.41, 5.74) is 0.624. The predicted octanol–water partition coefficient (Wildman–Crippen LogP) is 2.72. The van der Waals surface area contributed by atoms with Crippen LogP contribution in [-0.4, -0.2) is 107 Å². The third kappa shape index (κ3) is 7.77. The van der Waals surface area contributed by atoms with Gasteiger partial charge in [-0.15, -0.1) is 0 Å². The third-order valence-corrected chi connectivity index (χ3v) is 8.12. The number of pyridine rings is 1. The molecule has 2 aliphatic rings. The van der Waals surface area contributed by atoms with Crippen molar-refractivity contribution >= 4 is 47.3 Å². The van der Waals surface area contributed by atoms with Gasteiger partial charge in [0, 0.05) is 59.4 Å². The van der Waals surface area contributed by atoms with E-state index in [0.29, 0.717) is 44.2 Å². The standard InChI is InChI=1S/C29H33ClF2N8O3.CH2O2/c1-37(2)26-22(31)14-20(25(32)36-26)23-16-34-27(38(23)3)28(42)35-18-4-5-19(21(30)13-18)29(43)40-10-8-39(9-11-40)24(41)12-17-6-7-33-15-17;2-1-3/h4-5,13-14,16-17,33H,6-12,15H2,1-3H3,(H,35,42);1H,(H,2,3)/t17-;/m0./s1. The molecule has 3 amide bonds. The molecule has 0 radical (unpaired) electrons. The first-order chi connectivity index (χ1) is 21.9. The van der Waals surface area contributed by atoms with Crippen LogP contribution in [0, 0.1) is 17.7 Å². The number of carboxylic acid groups (broad SMARTS) is 1. The van der Waals surface area contributed by atoms with Gasteiger partial charge in [0.2, 0.25) is 11.9 Å². The lowest BCUT2D eigenvalue weighted by Gasteiger charge is -2.35. The van der Waals surface area contributed by atoms with Crippen LogP contribution in [0.25, 0.3) is 11.3 Å². The highest BCUT2D eigenvalue weighted by Gasteiger charge is 2.28. The molecule has 0 bridgehead atoms. The number of halogens is 3. The van der Waals surface area contributed by atoms with Crippen molar-refractivity contribution in [1.29, 1.82) is 0 Å². The van der Waals surface area contributed by atoms with Gasteiger partial charge in [-0.05, 0) is 49.7 Å². The first kappa shape index (κ1) is 34.2. The van der Waals surface area contributed by atoms with Crippen molar-refractivity contribution in [3.63, 3.8) is 0 Å². The monoisotopic (exact) mass is 660 g/mol. The molecule has 0 spiro atoms. The third-order valence-electron chi connectivity index (χ3n) is 7.80. The van der Waals surface area contributed by atoms with E-state index in [2.05, 4.69) is 20.6 Å². The molecule has 16 heteroatoms. The maximum atomic E-state index is 14.7. The zero-order valence-corrected chi connectivity index (χ0v) is 26.4. The molecule has 5 rings (SSSR count). The number of piperazine rings is 1. The van der Waals surface area contributed by atoms with Gasteiger partial charge in [0.05, 0.1) is 28.0 Å². The van der Waals surface area contributed by atoms with Gasteiger partial charge in [0.15, 0.2) is 17.5 Å². The summed E-state index contributed by atoms with van der Waals surface area (Å²) in [6.45, 7) is 3.31. The molecule has 3 aromatic rings. The number of nitrogens with zero attached hydrogens (tertiary/aromatic N) is 6. The van der Waals surface area contributed by atoms with Crippen LogP contribution in [0.4, 0.5) is 20.3 Å². The van der Waals surface area contributed by atoms with Crippen LogP contribution < -0.4 is 15.5 Å².